The highest BCUT2D eigenvalue weighted by Gasteiger charge is 2.39. The smallest absolute Gasteiger partial charge is 0.284 e. The number of rotatable bonds is 3. The predicted molar refractivity (Wildman–Crippen MR) is 62.9 cm³/mol. The first-order chi connectivity index (χ1) is 8.86. The maximum absolute atomic E-state index is 12.2. The fourth-order valence-corrected chi connectivity index (χ4v) is 1.73. The molecule has 0 saturated carbocycles. The summed E-state index contributed by atoms with van der Waals surface area (Å²) in [5.41, 5.74) is 1.52. The summed E-state index contributed by atoms with van der Waals surface area (Å²) < 4.78 is 38.0. The van der Waals surface area contributed by atoms with Crippen LogP contribution in [0.2, 0.25) is 0 Å². The van der Waals surface area contributed by atoms with E-state index in [4.69, 9.17) is 0 Å². The normalized spacial score (nSPS) is 11.6. The molecule has 0 fully saturated rings. The Morgan fingerprint density at radius 1 is 1.37 bits per heavy atom. The topological polar surface area (TPSA) is 34.9 Å². The number of Topliss-reactive ketones (excluding diaryl/α,β-unsaturated/α-hetero) is 1. The second kappa shape index (κ2) is 4.87. The molecule has 19 heavy (non-hydrogen) atoms. The van der Waals surface area contributed by atoms with E-state index in [1.807, 2.05) is 31.2 Å². The molecule has 0 bridgehead atoms. The molecule has 100 valence electrons. The molecule has 0 atom stereocenters. The molecule has 1 heterocycles. The highest BCUT2D eigenvalue weighted by molar-refractivity contribution is 5.99. The average Bonchev–Trinajstić information content (AvgIpc) is 2.75. The first-order valence-electron chi connectivity index (χ1n) is 5.56. The van der Waals surface area contributed by atoms with Gasteiger partial charge in [-0.05, 0) is 12.5 Å². The lowest BCUT2D eigenvalue weighted by Gasteiger charge is -2.03. The Morgan fingerprint density at radius 2 is 2.11 bits per heavy atom. The van der Waals surface area contributed by atoms with Crippen LogP contribution < -0.4 is 0 Å². The van der Waals surface area contributed by atoms with Crippen molar-refractivity contribution in [3.63, 3.8) is 0 Å². The van der Waals surface area contributed by atoms with Crippen molar-refractivity contribution in [1.82, 2.24) is 9.78 Å². The van der Waals surface area contributed by atoms with Gasteiger partial charge in [0.15, 0.2) is 0 Å². The molecule has 0 aliphatic rings. The molecule has 0 N–H and O–H groups in total. The summed E-state index contributed by atoms with van der Waals surface area (Å²) in [4.78, 5) is 11.0. The number of hydrogen-bond donors (Lipinski definition) is 0. The molecule has 0 radical (unpaired) electrons. The van der Waals surface area contributed by atoms with Crippen LogP contribution in [0.25, 0.3) is 0 Å². The summed E-state index contributed by atoms with van der Waals surface area (Å²) >= 11 is 0. The van der Waals surface area contributed by atoms with Crippen molar-refractivity contribution < 1.29 is 18.0 Å². The Bertz CT molecular complexity index is 602. The maximum atomic E-state index is 12.2. The van der Waals surface area contributed by atoms with E-state index >= 15 is 0 Å². The molecule has 0 unspecified atom stereocenters. The van der Waals surface area contributed by atoms with Crippen LogP contribution in [0.4, 0.5) is 13.2 Å². The zero-order chi connectivity index (χ0) is 14.0. The number of hydrogen-bond acceptors (Lipinski definition) is 2. The minimum absolute atomic E-state index is 0.326. The highest BCUT2D eigenvalue weighted by atomic mass is 19.4. The van der Waals surface area contributed by atoms with E-state index in [-0.39, 0.29) is 0 Å². The second-order valence-corrected chi connectivity index (χ2v) is 4.24. The number of alkyl halides is 3. The van der Waals surface area contributed by atoms with Gasteiger partial charge in [-0.25, -0.2) is 0 Å². The molecule has 2 aromatic rings. The number of benzene rings is 1. The van der Waals surface area contributed by atoms with Gasteiger partial charge < -0.3 is 0 Å². The summed E-state index contributed by atoms with van der Waals surface area (Å²) in [5, 5.41) is 3.77. The van der Waals surface area contributed by atoms with Gasteiger partial charge in [0.25, 0.3) is 5.78 Å². The van der Waals surface area contributed by atoms with Crippen molar-refractivity contribution in [2.75, 3.05) is 0 Å². The molecule has 0 aliphatic heterocycles. The van der Waals surface area contributed by atoms with Crippen LogP contribution in [0, 0.1) is 6.92 Å². The Hall–Kier alpha value is -2.11. The Morgan fingerprint density at radius 3 is 2.74 bits per heavy atom. The van der Waals surface area contributed by atoms with Crippen molar-refractivity contribution >= 4 is 5.78 Å². The first kappa shape index (κ1) is 13.3. The summed E-state index contributed by atoms with van der Waals surface area (Å²) in [5.74, 6) is -1.87. The van der Waals surface area contributed by atoms with Gasteiger partial charge in [-0.1, -0.05) is 29.8 Å². The molecule has 0 saturated heterocycles. The van der Waals surface area contributed by atoms with Crippen molar-refractivity contribution in [1.29, 1.82) is 0 Å². The minimum Gasteiger partial charge on any atom is -0.284 e. The first-order valence-corrected chi connectivity index (χ1v) is 5.56. The lowest BCUT2D eigenvalue weighted by Crippen LogP contribution is -2.22. The van der Waals surface area contributed by atoms with Gasteiger partial charge in [0, 0.05) is 6.20 Å². The zero-order valence-electron chi connectivity index (χ0n) is 10.1. The van der Waals surface area contributed by atoms with Gasteiger partial charge in [-0.2, -0.15) is 18.3 Å². The third kappa shape index (κ3) is 3.21. The van der Waals surface area contributed by atoms with Crippen LogP contribution in [0.3, 0.4) is 0 Å². The van der Waals surface area contributed by atoms with Crippen molar-refractivity contribution in [2.24, 2.45) is 0 Å². The molecule has 6 heteroatoms. The summed E-state index contributed by atoms with van der Waals surface area (Å²) in [6.07, 6.45) is -2.82. The van der Waals surface area contributed by atoms with Gasteiger partial charge in [0.1, 0.15) is 0 Å². The number of aryl methyl sites for hydroxylation is 1. The van der Waals surface area contributed by atoms with Gasteiger partial charge in [0.05, 0.1) is 18.3 Å². The third-order valence-corrected chi connectivity index (χ3v) is 2.58. The molecule has 0 spiro atoms. The molecule has 0 amide bonds. The van der Waals surface area contributed by atoms with Gasteiger partial charge in [-0.3, -0.25) is 9.48 Å². The summed E-state index contributed by atoms with van der Waals surface area (Å²) in [7, 11) is 0. The minimum atomic E-state index is -4.86. The lowest BCUT2D eigenvalue weighted by molar-refractivity contribution is -0.0885. The molecule has 3 nitrogen and oxygen atoms in total. The lowest BCUT2D eigenvalue weighted by atomic mass is 10.1. The van der Waals surface area contributed by atoms with E-state index in [1.165, 1.54) is 4.68 Å². The van der Waals surface area contributed by atoms with Crippen LogP contribution in [0.15, 0.2) is 36.7 Å². The molecule has 1 aromatic heterocycles. The van der Waals surface area contributed by atoms with Crippen molar-refractivity contribution in [3.05, 3.63) is 53.3 Å². The van der Waals surface area contributed by atoms with Crippen molar-refractivity contribution in [2.45, 2.75) is 19.6 Å². The average molecular weight is 268 g/mol. The van der Waals surface area contributed by atoms with Crippen molar-refractivity contribution in [3.8, 4) is 0 Å². The van der Waals surface area contributed by atoms with Crippen LogP contribution in [-0.2, 0) is 6.54 Å². The Kier molecular flexibility index (Phi) is 3.42. The fraction of sp³-hybridized carbons (Fsp3) is 0.231. The number of nitrogens with zero attached hydrogens (tertiary/aromatic N) is 2. The SMILES string of the molecule is Cc1cccc(Cn2cc(C(=O)C(F)(F)F)cn2)c1. The Labute approximate surface area is 107 Å². The van der Waals surface area contributed by atoms with Crippen LogP contribution in [0.1, 0.15) is 21.5 Å². The van der Waals surface area contributed by atoms with E-state index in [1.54, 1.807) is 0 Å². The molecule has 0 aliphatic carbocycles. The van der Waals surface area contributed by atoms with Crippen LogP contribution >= 0.6 is 0 Å². The largest absolute Gasteiger partial charge is 0.454 e. The predicted octanol–water partition coefficient (Wildman–Crippen LogP) is 2.98. The zero-order valence-corrected chi connectivity index (χ0v) is 10.1. The quantitative estimate of drug-likeness (QED) is 0.802. The fourth-order valence-electron chi connectivity index (χ4n) is 1.73. The number of carbonyl (C=O) groups excluding carboxylic acids is 1. The third-order valence-electron chi connectivity index (χ3n) is 2.58. The van der Waals surface area contributed by atoms with Gasteiger partial charge >= 0.3 is 6.18 Å². The van der Waals surface area contributed by atoms with E-state index in [0.29, 0.717) is 6.54 Å². The Balaban J connectivity index is 2.16. The molecular formula is C13H11F3N2O. The molecule has 2 rings (SSSR count). The monoisotopic (exact) mass is 268 g/mol. The van der Waals surface area contributed by atoms with E-state index in [9.17, 15) is 18.0 Å². The number of ketones is 1. The van der Waals surface area contributed by atoms with Gasteiger partial charge in [-0.15, -0.1) is 0 Å². The van der Waals surface area contributed by atoms with Crippen LogP contribution in [0.5, 0.6) is 0 Å². The summed E-state index contributed by atoms with van der Waals surface area (Å²) in [6.45, 7) is 2.25. The second-order valence-electron chi connectivity index (χ2n) is 4.24. The molecular weight excluding hydrogens is 257 g/mol. The maximum Gasteiger partial charge on any atom is 0.454 e. The highest BCUT2D eigenvalue weighted by Crippen LogP contribution is 2.21. The van der Waals surface area contributed by atoms with Crippen LogP contribution in [-0.4, -0.2) is 21.7 Å². The summed E-state index contributed by atoms with van der Waals surface area (Å²) in [6, 6.07) is 7.54. The standard InChI is InChI=1S/C13H11F3N2O/c1-9-3-2-4-10(5-9)7-18-8-11(6-17-18)12(19)13(14,15)16/h2-6,8H,7H2,1H3. The van der Waals surface area contributed by atoms with E-state index in [0.717, 1.165) is 23.5 Å². The number of carbonyl (C=O) groups is 1. The number of halogens is 3. The van der Waals surface area contributed by atoms with E-state index in [2.05, 4.69) is 5.10 Å². The van der Waals surface area contributed by atoms with Gasteiger partial charge in [0.2, 0.25) is 0 Å². The molecule has 1 aromatic carbocycles. The number of aromatic nitrogens is 2. The van der Waals surface area contributed by atoms with E-state index < -0.39 is 17.5 Å².